The Balaban J connectivity index is 1.93. The van der Waals surface area contributed by atoms with E-state index >= 15 is 0 Å². The molecule has 0 fully saturated rings. The maximum Gasteiger partial charge on any atom is 0.335 e. The van der Waals surface area contributed by atoms with Gasteiger partial charge in [-0.1, -0.05) is 18.2 Å². The van der Waals surface area contributed by atoms with Crippen LogP contribution in [0.2, 0.25) is 0 Å². The van der Waals surface area contributed by atoms with Gasteiger partial charge in [-0.3, -0.25) is 9.59 Å². The van der Waals surface area contributed by atoms with Gasteiger partial charge in [0.15, 0.2) is 11.5 Å². The molecule has 8 nitrogen and oxygen atoms in total. The SMILES string of the molecule is COc1cc(C(=O)O)cc(NC(=O)CCCNC(=O)c2ccccc2)c1OC. The van der Waals surface area contributed by atoms with E-state index in [1.807, 2.05) is 6.07 Å². The third-order valence-electron chi connectivity index (χ3n) is 3.90. The largest absolute Gasteiger partial charge is 0.493 e. The molecule has 3 N–H and O–H groups in total. The second kappa shape index (κ2) is 9.96. The standard InChI is InChI=1S/C20H22N2O6/c1-27-16-12-14(20(25)26)11-15(18(16)28-2)22-17(23)9-6-10-21-19(24)13-7-4-3-5-8-13/h3-5,7-8,11-12H,6,9-10H2,1-2H3,(H,21,24)(H,22,23)(H,25,26). The van der Waals surface area contributed by atoms with Gasteiger partial charge in [-0.25, -0.2) is 4.79 Å². The van der Waals surface area contributed by atoms with E-state index in [1.165, 1.54) is 26.4 Å². The highest BCUT2D eigenvalue weighted by molar-refractivity contribution is 5.97. The van der Waals surface area contributed by atoms with Crippen LogP contribution in [0.4, 0.5) is 5.69 Å². The number of carboxylic acid groups (broad SMARTS) is 1. The monoisotopic (exact) mass is 386 g/mol. The van der Waals surface area contributed by atoms with Crippen LogP contribution in [0.1, 0.15) is 33.6 Å². The van der Waals surface area contributed by atoms with Gasteiger partial charge in [0.25, 0.3) is 5.91 Å². The summed E-state index contributed by atoms with van der Waals surface area (Å²) in [5, 5.41) is 14.6. The summed E-state index contributed by atoms with van der Waals surface area (Å²) in [6.07, 6.45) is 0.556. The third-order valence-corrected chi connectivity index (χ3v) is 3.90. The molecule has 2 amide bonds. The van der Waals surface area contributed by atoms with E-state index in [9.17, 15) is 19.5 Å². The van der Waals surface area contributed by atoms with Crippen molar-refractivity contribution in [2.24, 2.45) is 0 Å². The molecule has 0 saturated carbocycles. The van der Waals surface area contributed by atoms with Crippen LogP contribution in [-0.2, 0) is 4.79 Å². The Morgan fingerprint density at radius 3 is 2.32 bits per heavy atom. The number of carboxylic acids is 1. The van der Waals surface area contributed by atoms with Gasteiger partial charge >= 0.3 is 5.97 Å². The summed E-state index contributed by atoms with van der Waals surface area (Å²) in [5.74, 6) is -1.26. The number of hydrogen-bond donors (Lipinski definition) is 3. The fourth-order valence-corrected chi connectivity index (χ4v) is 2.54. The van der Waals surface area contributed by atoms with E-state index in [0.717, 1.165) is 0 Å². The Morgan fingerprint density at radius 2 is 1.71 bits per heavy atom. The van der Waals surface area contributed by atoms with Gasteiger partial charge in [0.05, 0.1) is 25.5 Å². The van der Waals surface area contributed by atoms with Crippen LogP contribution in [0.25, 0.3) is 0 Å². The van der Waals surface area contributed by atoms with Crippen molar-refractivity contribution >= 4 is 23.5 Å². The average Bonchev–Trinajstić information content (AvgIpc) is 2.70. The molecule has 0 bridgehead atoms. The summed E-state index contributed by atoms with van der Waals surface area (Å²) in [6, 6.07) is 11.4. The zero-order valence-electron chi connectivity index (χ0n) is 15.7. The normalized spacial score (nSPS) is 10.1. The van der Waals surface area contributed by atoms with Crippen LogP contribution in [-0.4, -0.2) is 43.7 Å². The summed E-state index contributed by atoms with van der Waals surface area (Å²) < 4.78 is 10.3. The van der Waals surface area contributed by atoms with Crippen molar-refractivity contribution in [3.8, 4) is 11.5 Å². The van der Waals surface area contributed by atoms with Crippen LogP contribution in [0.5, 0.6) is 11.5 Å². The molecule has 8 heteroatoms. The van der Waals surface area contributed by atoms with E-state index in [2.05, 4.69) is 10.6 Å². The molecule has 0 spiro atoms. The number of carbonyl (C=O) groups excluding carboxylic acids is 2. The number of rotatable bonds is 9. The zero-order chi connectivity index (χ0) is 20.5. The molecule has 0 aromatic heterocycles. The van der Waals surface area contributed by atoms with Crippen molar-refractivity contribution in [2.75, 3.05) is 26.1 Å². The Bertz CT molecular complexity index is 851. The number of carbonyl (C=O) groups is 3. The van der Waals surface area contributed by atoms with Gasteiger partial charge < -0.3 is 25.2 Å². The van der Waals surface area contributed by atoms with E-state index in [0.29, 0.717) is 18.5 Å². The molecule has 2 rings (SSSR count). The molecule has 0 aliphatic rings. The minimum absolute atomic E-state index is 0.0388. The van der Waals surface area contributed by atoms with Crippen molar-refractivity contribution in [3.63, 3.8) is 0 Å². The highest BCUT2D eigenvalue weighted by Crippen LogP contribution is 2.36. The second-order valence-electron chi connectivity index (χ2n) is 5.84. The van der Waals surface area contributed by atoms with Crippen LogP contribution >= 0.6 is 0 Å². The van der Waals surface area contributed by atoms with E-state index in [1.54, 1.807) is 24.3 Å². The number of hydrogen-bond acceptors (Lipinski definition) is 5. The average molecular weight is 386 g/mol. The molecule has 0 heterocycles. The topological polar surface area (TPSA) is 114 Å². The molecule has 148 valence electrons. The summed E-state index contributed by atoms with van der Waals surface area (Å²) in [6.45, 7) is 0.330. The minimum atomic E-state index is -1.15. The van der Waals surface area contributed by atoms with Crippen LogP contribution in [0.3, 0.4) is 0 Å². The van der Waals surface area contributed by atoms with Gasteiger partial charge in [0, 0.05) is 18.5 Å². The number of nitrogens with one attached hydrogen (secondary N) is 2. The highest BCUT2D eigenvalue weighted by Gasteiger charge is 2.17. The van der Waals surface area contributed by atoms with Crippen molar-refractivity contribution in [2.45, 2.75) is 12.8 Å². The van der Waals surface area contributed by atoms with Gasteiger partial charge in [0.2, 0.25) is 5.91 Å². The van der Waals surface area contributed by atoms with Crippen LogP contribution in [0, 0.1) is 0 Å². The van der Waals surface area contributed by atoms with Crippen LogP contribution in [0.15, 0.2) is 42.5 Å². The number of anilines is 1. The molecule has 2 aromatic carbocycles. The molecular weight excluding hydrogens is 364 g/mol. The lowest BCUT2D eigenvalue weighted by molar-refractivity contribution is -0.116. The highest BCUT2D eigenvalue weighted by atomic mass is 16.5. The predicted octanol–water partition coefficient (Wildman–Crippen LogP) is 2.55. The summed E-state index contributed by atoms with van der Waals surface area (Å²) >= 11 is 0. The van der Waals surface area contributed by atoms with Crippen molar-refractivity contribution in [1.29, 1.82) is 0 Å². The van der Waals surface area contributed by atoms with E-state index in [-0.39, 0.29) is 41.0 Å². The Labute approximate surface area is 162 Å². The summed E-state index contributed by atoms with van der Waals surface area (Å²) in [4.78, 5) is 35.4. The molecule has 2 aromatic rings. The summed E-state index contributed by atoms with van der Waals surface area (Å²) in [5.41, 5.74) is 0.718. The number of benzene rings is 2. The molecule has 0 unspecified atom stereocenters. The Kier molecular flexibility index (Phi) is 7.38. The minimum Gasteiger partial charge on any atom is -0.493 e. The number of aromatic carboxylic acids is 1. The lowest BCUT2D eigenvalue weighted by atomic mass is 10.1. The predicted molar refractivity (Wildman–Crippen MR) is 103 cm³/mol. The van der Waals surface area contributed by atoms with Crippen LogP contribution < -0.4 is 20.1 Å². The number of ether oxygens (including phenoxy) is 2. The smallest absolute Gasteiger partial charge is 0.335 e. The molecule has 0 atom stereocenters. The van der Waals surface area contributed by atoms with Gasteiger partial charge in [-0.05, 0) is 30.7 Å². The van der Waals surface area contributed by atoms with E-state index < -0.39 is 5.97 Å². The molecule has 28 heavy (non-hydrogen) atoms. The third kappa shape index (κ3) is 5.47. The van der Waals surface area contributed by atoms with E-state index in [4.69, 9.17) is 9.47 Å². The quantitative estimate of drug-likeness (QED) is 0.571. The first-order chi connectivity index (χ1) is 13.5. The maximum absolute atomic E-state index is 12.2. The lowest BCUT2D eigenvalue weighted by Crippen LogP contribution is -2.25. The Morgan fingerprint density at radius 1 is 1.00 bits per heavy atom. The van der Waals surface area contributed by atoms with Crippen molar-refractivity contribution in [3.05, 3.63) is 53.6 Å². The first kappa shape index (κ1) is 20.8. The van der Waals surface area contributed by atoms with Crippen molar-refractivity contribution in [1.82, 2.24) is 5.32 Å². The first-order valence-electron chi connectivity index (χ1n) is 8.58. The van der Waals surface area contributed by atoms with Gasteiger partial charge in [-0.15, -0.1) is 0 Å². The molecule has 0 aliphatic carbocycles. The number of methoxy groups -OCH3 is 2. The van der Waals surface area contributed by atoms with Gasteiger partial charge in [0.1, 0.15) is 0 Å². The zero-order valence-corrected chi connectivity index (χ0v) is 15.7. The molecule has 0 aliphatic heterocycles. The van der Waals surface area contributed by atoms with Crippen molar-refractivity contribution < 1.29 is 29.0 Å². The first-order valence-corrected chi connectivity index (χ1v) is 8.58. The number of amides is 2. The fraction of sp³-hybridized carbons (Fsp3) is 0.250. The molecule has 0 saturated heterocycles. The van der Waals surface area contributed by atoms with Gasteiger partial charge in [-0.2, -0.15) is 0 Å². The maximum atomic E-state index is 12.2. The Hall–Kier alpha value is -3.55. The summed E-state index contributed by atoms with van der Waals surface area (Å²) in [7, 11) is 2.78. The second-order valence-corrected chi connectivity index (χ2v) is 5.84. The fourth-order valence-electron chi connectivity index (χ4n) is 2.54. The molecular formula is C20H22N2O6. The lowest BCUT2D eigenvalue weighted by Gasteiger charge is -2.15. The molecule has 0 radical (unpaired) electrons.